The van der Waals surface area contributed by atoms with Crippen LogP contribution in [0.2, 0.25) is 0 Å². The first-order valence-corrected chi connectivity index (χ1v) is 7.89. The standard InChI is InChI=1S/C17H26N4/c1-5-14-10-15(21(7-3)20-14)11-17(19-6-2)16-8-9-18-12-13(16)4/h8-10,12,17,19H,5-7,11H2,1-4H3. The van der Waals surface area contributed by atoms with Gasteiger partial charge in [-0.1, -0.05) is 13.8 Å². The van der Waals surface area contributed by atoms with Crippen LogP contribution in [0.4, 0.5) is 0 Å². The number of nitrogens with zero attached hydrogens (tertiary/aromatic N) is 3. The molecule has 0 saturated carbocycles. The summed E-state index contributed by atoms with van der Waals surface area (Å²) in [5.74, 6) is 0. The van der Waals surface area contributed by atoms with Crippen LogP contribution >= 0.6 is 0 Å². The van der Waals surface area contributed by atoms with E-state index in [2.05, 4.69) is 59.9 Å². The Morgan fingerprint density at radius 2 is 2.10 bits per heavy atom. The SMILES string of the molecule is CCNC(Cc1cc(CC)nn1CC)c1ccncc1C. The van der Waals surface area contributed by atoms with E-state index in [-0.39, 0.29) is 0 Å². The van der Waals surface area contributed by atoms with Gasteiger partial charge in [0.2, 0.25) is 0 Å². The summed E-state index contributed by atoms with van der Waals surface area (Å²) in [4.78, 5) is 4.20. The summed E-state index contributed by atoms with van der Waals surface area (Å²) in [7, 11) is 0. The van der Waals surface area contributed by atoms with E-state index in [0.717, 1.165) is 25.9 Å². The quantitative estimate of drug-likeness (QED) is 0.850. The molecule has 2 rings (SSSR count). The van der Waals surface area contributed by atoms with Crippen molar-refractivity contribution in [2.24, 2.45) is 0 Å². The van der Waals surface area contributed by atoms with Crippen molar-refractivity contribution < 1.29 is 0 Å². The molecular formula is C17H26N4. The Bertz CT molecular complexity index is 574. The minimum absolute atomic E-state index is 0.310. The molecule has 0 spiro atoms. The van der Waals surface area contributed by atoms with Gasteiger partial charge >= 0.3 is 0 Å². The summed E-state index contributed by atoms with van der Waals surface area (Å²) in [5.41, 5.74) is 5.04. The Morgan fingerprint density at radius 1 is 1.29 bits per heavy atom. The van der Waals surface area contributed by atoms with Crippen LogP contribution in [-0.2, 0) is 19.4 Å². The van der Waals surface area contributed by atoms with Gasteiger partial charge in [0, 0.05) is 37.1 Å². The van der Waals surface area contributed by atoms with Gasteiger partial charge in [-0.2, -0.15) is 5.10 Å². The Balaban J connectivity index is 2.28. The molecule has 1 unspecified atom stereocenters. The molecule has 1 N–H and O–H groups in total. The average molecular weight is 286 g/mol. The fraction of sp³-hybridized carbons (Fsp3) is 0.529. The first-order valence-electron chi connectivity index (χ1n) is 7.89. The van der Waals surface area contributed by atoms with Gasteiger partial charge in [0.15, 0.2) is 0 Å². The third-order valence-corrected chi connectivity index (χ3v) is 3.88. The highest BCUT2D eigenvalue weighted by atomic mass is 15.3. The van der Waals surface area contributed by atoms with Crippen molar-refractivity contribution in [3.8, 4) is 0 Å². The maximum absolute atomic E-state index is 4.65. The second kappa shape index (κ2) is 7.36. The van der Waals surface area contributed by atoms with Crippen molar-refractivity contribution in [1.82, 2.24) is 20.1 Å². The molecule has 0 radical (unpaired) electrons. The van der Waals surface area contributed by atoms with Gasteiger partial charge in [0.25, 0.3) is 0 Å². The molecular weight excluding hydrogens is 260 g/mol. The Hall–Kier alpha value is -1.68. The highest BCUT2D eigenvalue weighted by Crippen LogP contribution is 2.21. The fourth-order valence-corrected chi connectivity index (χ4v) is 2.75. The van der Waals surface area contributed by atoms with Crippen molar-refractivity contribution in [3.05, 3.63) is 47.0 Å². The van der Waals surface area contributed by atoms with Crippen molar-refractivity contribution in [2.75, 3.05) is 6.54 Å². The van der Waals surface area contributed by atoms with E-state index in [1.165, 1.54) is 22.5 Å². The zero-order valence-corrected chi connectivity index (χ0v) is 13.6. The van der Waals surface area contributed by atoms with Crippen LogP contribution in [0.15, 0.2) is 24.5 Å². The molecule has 4 heteroatoms. The van der Waals surface area contributed by atoms with E-state index < -0.39 is 0 Å². The Kier molecular flexibility index (Phi) is 5.51. The fourth-order valence-electron chi connectivity index (χ4n) is 2.75. The molecule has 0 bridgehead atoms. The Morgan fingerprint density at radius 3 is 2.71 bits per heavy atom. The number of pyridine rings is 1. The van der Waals surface area contributed by atoms with Crippen LogP contribution < -0.4 is 5.32 Å². The van der Waals surface area contributed by atoms with Crippen LogP contribution in [0.1, 0.15) is 49.3 Å². The first-order chi connectivity index (χ1) is 10.2. The van der Waals surface area contributed by atoms with E-state index in [9.17, 15) is 0 Å². The van der Waals surface area contributed by atoms with Gasteiger partial charge in [-0.3, -0.25) is 9.67 Å². The number of hydrogen-bond acceptors (Lipinski definition) is 3. The van der Waals surface area contributed by atoms with Gasteiger partial charge in [0.05, 0.1) is 5.69 Å². The molecule has 2 aromatic heterocycles. The highest BCUT2D eigenvalue weighted by Gasteiger charge is 2.16. The molecule has 4 nitrogen and oxygen atoms in total. The van der Waals surface area contributed by atoms with Crippen LogP contribution in [0.3, 0.4) is 0 Å². The molecule has 21 heavy (non-hydrogen) atoms. The van der Waals surface area contributed by atoms with Crippen molar-refractivity contribution >= 4 is 0 Å². The number of aryl methyl sites for hydroxylation is 3. The summed E-state index contributed by atoms with van der Waals surface area (Å²) >= 11 is 0. The van der Waals surface area contributed by atoms with E-state index in [1.54, 1.807) is 0 Å². The van der Waals surface area contributed by atoms with Crippen LogP contribution in [0.25, 0.3) is 0 Å². The topological polar surface area (TPSA) is 42.7 Å². The summed E-state index contributed by atoms with van der Waals surface area (Å²) in [6, 6.07) is 4.67. The summed E-state index contributed by atoms with van der Waals surface area (Å²) < 4.78 is 2.12. The lowest BCUT2D eigenvalue weighted by atomic mass is 9.99. The van der Waals surface area contributed by atoms with E-state index in [4.69, 9.17) is 0 Å². The van der Waals surface area contributed by atoms with Crippen LogP contribution in [-0.4, -0.2) is 21.3 Å². The maximum atomic E-state index is 4.65. The van der Waals surface area contributed by atoms with Crippen LogP contribution in [0, 0.1) is 6.92 Å². The monoisotopic (exact) mass is 286 g/mol. The number of hydrogen-bond donors (Lipinski definition) is 1. The van der Waals surface area contributed by atoms with Gasteiger partial charge in [-0.15, -0.1) is 0 Å². The zero-order valence-electron chi connectivity index (χ0n) is 13.6. The predicted octanol–water partition coefficient (Wildman–Crippen LogP) is 3.06. The molecule has 1 atom stereocenters. The highest BCUT2D eigenvalue weighted by molar-refractivity contribution is 5.27. The summed E-state index contributed by atoms with van der Waals surface area (Å²) in [5, 5.41) is 8.25. The molecule has 0 aliphatic rings. The molecule has 0 fully saturated rings. The predicted molar refractivity (Wildman–Crippen MR) is 86.4 cm³/mol. The van der Waals surface area contributed by atoms with E-state index >= 15 is 0 Å². The molecule has 2 heterocycles. The van der Waals surface area contributed by atoms with Gasteiger partial charge in [0.1, 0.15) is 0 Å². The lowest BCUT2D eigenvalue weighted by Gasteiger charge is -2.20. The normalized spacial score (nSPS) is 12.6. The van der Waals surface area contributed by atoms with Crippen LogP contribution in [0.5, 0.6) is 0 Å². The second-order valence-electron chi connectivity index (χ2n) is 5.34. The molecule has 2 aromatic rings. The number of aromatic nitrogens is 3. The first kappa shape index (κ1) is 15.7. The van der Waals surface area contributed by atoms with E-state index in [1.807, 2.05) is 12.4 Å². The third-order valence-electron chi connectivity index (χ3n) is 3.88. The lowest BCUT2D eigenvalue weighted by Crippen LogP contribution is -2.25. The van der Waals surface area contributed by atoms with Crippen molar-refractivity contribution in [2.45, 2.75) is 53.1 Å². The van der Waals surface area contributed by atoms with Gasteiger partial charge in [-0.05, 0) is 50.1 Å². The minimum Gasteiger partial charge on any atom is -0.310 e. The number of nitrogens with one attached hydrogen (secondary N) is 1. The zero-order chi connectivity index (χ0) is 15.2. The third kappa shape index (κ3) is 3.70. The van der Waals surface area contributed by atoms with Gasteiger partial charge in [-0.25, -0.2) is 0 Å². The largest absolute Gasteiger partial charge is 0.310 e. The smallest absolute Gasteiger partial charge is 0.0624 e. The van der Waals surface area contributed by atoms with Crippen molar-refractivity contribution in [3.63, 3.8) is 0 Å². The summed E-state index contributed by atoms with van der Waals surface area (Å²) in [6.45, 7) is 10.5. The molecule has 0 saturated heterocycles. The second-order valence-corrected chi connectivity index (χ2v) is 5.34. The lowest BCUT2D eigenvalue weighted by molar-refractivity contribution is 0.513. The maximum Gasteiger partial charge on any atom is 0.0624 e. The van der Waals surface area contributed by atoms with Crippen molar-refractivity contribution in [1.29, 1.82) is 0 Å². The molecule has 0 amide bonds. The number of rotatable bonds is 7. The molecule has 0 aliphatic carbocycles. The average Bonchev–Trinajstić information content (AvgIpc) is 2.89. The van der Waals surface area contributed by atoms with E-state index in [0.29, 0.717) is 6.04 Å². The molecule has 114 valence electrons. The Labute approximate surface area is 127 Å². The minimum atomic E-state index is 0.310. The summed E-state index contributed by atoms with van der Waals surface area (Å²) in [6.07, 6.45) is 5.76. The molecule has 0 aromatic carbocycles. The number of likely N-dealkylation sites (N-methyl/N-ethyl adjacent to an activating group) is 1. The van der Waals surface area contributed by atoms with Gasteiger partial charge < -0.3 is 5.32 Å². The molecule has 0 aliphatic heterocycles.